The summed E-state index contributed by atoms with van der Waals surface area (Å²) in [4.78, 5) is 0. The predicted molar refractivity (Wildman–Crippen MR) is 84.5 cm³/mol. The number of benzene rings is 1. The van der Waals surface area contributed by atoms with Gasteiger partial charge in [-0.2, -0.15) is 0 Å². The van der Waals surface area contributed by atoms with Crippen molar-refractivity contribution in [3.63, 3.8) is 0 Å². The third kappa shape index (κ3) is 2.98. The van der Waals surface area contributed by atoms with Crippen molar-refractivity contribution >= 4 is 5.69 Å². The van der Waals surface area contributed by atoms with Crippen molar-refractivity contribution in [3.8, 4) is 5.75 Å². The van der Waals surface area contributed by atoms with E-state index < -0.39 is 0 Å². The van der Waals surface area contributed by atoms with Gasteiger partial charge in [0.25, 0.3) is 0 Å². The standard InChI is InChI=1S/C17H24N2O/c1-5-10-19-11-6-7-15(19)12-18-16-9-8-13(2)17(20-4)14(16)3/h6-9,11,18H,5,10,12H2,1-4H3. The fourth-order valence-electron chi connectivity index (χ4n) is 2.59. The Hall–Kier alpha value is -1.90. The Bertz CT molecular complexity index is 572. The molecule has 0 radical (unpaired) electrons. The summed E-state index contributed by atoms with van der Waals surface area (Å²) in [5.74, 6) is 0.971. The van der Waals surface area contributed by atoms with Crippen LogP contribution in [-0.2, 0) is 13.1 Å². The molecule has 3 heteroatoms. The molecule has 1 aromatic heterocycles. The maximum absolute atomic E-state index is 5.47. The molecular formula is C17H24N2O. The summed E-state index contributed by atoms with van der Waals surface area (Å²) in [7, 11) is 1.73. The van der Waals surface area contributed by atoms with E-state index in [0.29, 0.717) is 0 Å². The van der Waals surface area contributed by atoms with Crippen LogP contribution in [0.2, 0.25) is 0 Å². The molecule has 2 rings (SSSR count). The molecule has 1 heterocycles. The topological polar surface area (TPSA) is 26.2 Å². The fraction of sp³-hybridized carbons (Fsp3) is 0.412. The molecule has 0 bridgehead atoms. The first-order valence-corrected chi connectivity index (χ1v) is 7.19. The Balaban J connectivity index is 2.13. The maximum Gasteiger partial charge on any atom is 0.126 e. The van der Waals surface area contributed by atoms with Crippen LogP contribution in [0.15, 0.2) is 30.5 Å². The van der Waals surface area contributed by atoms with Gasteiger partial charge in [0, 0.05) is 29.7 Å². The molecule has 0 fully saturated rings. The van der Waals surface area contributed by atoms with Crippen molar-refractivity contribution in [1.29, 1.82) is 0 Å². The molecule has 0 aliphatic carbocycles. The van der Waals surface area contributed by atoms with Crippen LogP contribution in [0.4, 0.5) is 5.69 Å². The van der Waals surface area contributed by atoms with Crippen molar-refractivity contribution in [2.45, 2.75) is 40.3 Å². The lowest BCUT2D eigenvalue weighted by molar-refractivity contribution is 0.409. The molecule has 2 aromatic rings. The van der Waals surface area contributed by atoms with Crippen molar-refractivity contribution in [1.82, 2.24) is 4.57 Å². The highest BCUT2D eigenvalue weighted by atomic mass is 16.5. The van der Waals surface area contributed by atoms with Crippen molar-refractivity contribution in [3.05, 3.63) is 47.3 Å². The number of aryl methyl sites for hydroxylation is 2. The largest absolute Gasteiger partial charge is 0.496 e. The molecular weight excluding hydrogens is 248 g/mol. The Morgan fingerprint density at radius 2 is 2.00 bits per heavy atom. The molecule has 20 heavy (non-hydrogen) atoms. The minimum Gasteiger partial charge on any atom is -0.496 e. The van der Waals surface area contributed by atoms with Crippen molar-refractivity contribution in [2.75, 3.05) is 12.4 Å². The van der Waals surface area contributed by atoms with Crippen LogP contribution in [0.3, 0.4) is 0 Å². The second-order valence-corrected chi connectivity index (χ2v) is 5.13. The number of hydrogen-bond acceptors (Lipinski definition) is 2. The van der Waals surface area contributed by atoms with Gasteiger partial charge in [-0.3, -0.25) is 0 Å². The van der Waals surface area contributed by atoms with Crippen LogP contribution in [0, 0.1) is 13.8 Å². The van der Waals surface area contributed by atoms with E-state index in [1.54, 1.807) is 7.11 Å². The second kappa shape index (κ2) is 6.51. The van der Waals surface area contributed by atoms with Gasteiger partial charge >= 0.3 is 0 Å². The average molecular weight is 272 g/mol. The molecule has 0 atom stereocenters. The molecule has 0 saturated carbocycles. The number of methoxy groups -OCH3 is 1. The lowest BCUT2D eigenvalue weighted by atomic mass is 10.1. The third-order valence-corrected chi connectivity index (χ3v) is 3.65. The quantitative estimate of drug-likeness (QED) is 0.855. The number of anilines is 1. The van der Waals surface area contributed by atoms with Crippen LogP contribution in [-0.4, -0.2) is 11.7 Å². The van der Waals surface area contributed by atoms with E-state index in [9.17, 15) is 0 Å². The van der Waals surface area contributed by atoms with E-state index in [-0.39, 0.29) is 0 Å². The summed E-state index contributed by atoms with van der Waals surface area (Å²) >= 11 is 0. The number of ether oxygens (including phenoxy) is 1. The van der Waals surface area contributed by atoms with Crippen molar-refractivity contribution in [2.24, 2.45) is 0 Å². The van der Waals surface area contributed by atoms with E-state index in [0.717, 1.165) is 30.9 Å². The van der Waals surface area contributed by atoms with Gasteiger partial charge in [-0.1, -0.05) is 13.0 Å². The molecule has 108 valence electrons. The van der Waals surface area contributed by atoms with Gasteiger partial charge in [0.2, 0.25) is 0 Å². The number of nitrogens with one attached hydrogen (secondary N) is 1. The van der Waals surface area contributed by atoms with Gasteiger partial charge < -0.3 is 14.6 Å². The lowest BCUT2D eigenvalue weighted by Crippen LogP contribution is -2.08. The molecule has 0 aliphatic heterocycles. The van der Waals surface area contributed by atoms with Crippen LogP contribution < -0.4 is 10.1 Å². The summed E-state index contributed by atoms with van der Waals surface area (Å²) < 4.78 is 7.77. The van der Waals surface area contributed by atoms with E-state index in [4.69, 9.17) is 4.74 Å². The first-order valence-electron chi connectivity index (χ1n) is 7.19. The number of nitrogens with zero attached hydrogens (tertiary/aromatic N) is 1. The van der Waals surface area contributed by atoms with E-state index in [1.165, 1.54) is 16.8 Å². The summed E-state index contributed by atoms with van der Waals surface area (Å²) in [5, 5.41) is 3.52. The van der Waals surface area contributed by atoms with E-state index in [1.807, 2.05) is 0 Å². The Morgan fingerprint density at radius 3 is 2.70 bits per heavy atom. The highest BCUT2D eigenvalue weighted by molar-refractivity contribution is 5.59. The third-order valence-electron chi connectivity index (χ3n) is 3.65. The Labute approximate surface area is 121 Å². The van der Waals surface area contributed by atoms with Crippen LogP contribution >= 0.6 is 0 Å². The molecule has 1 N–H and O–H groups in total. The number of rotatable bonds is 6. The van der Waals surface area contributed by atoms with Crippen LogP contribution in [0.1, 0.15) is 30.2 Å². The molecule has 0 saturated heterocycles. The summed E-state index contributed by atoms with van der Waals surface area (Å²) in [6.07, 6.45) is 3.29. The Morgan fingerprint density at radius 1 is 1.20 bits per heavy atom. The molecule has 1 aromatic carbocycles. The number of aromatic nitrogens is 1. The highest BCUT2D eigenvalue weighted by Crippen LogP contribution is 2.29. The van der Waals surface area contributed by atoms with Crippen LogP contribution in [0.5, 0.6) is 5.75 Å². The SMILES string of the molecule is CCCn1cccc1CNc1ccc(C)c(OC)c1C. The summed E-state index contributed by atoms with van der Waals surface area (Å²) in [6.45, 7) is 8.27. The minimum absolute atomic E-state index is 0.833. The van der Waals surface area contributed by atoms with Gasteiger partial charge in [-0.05, 0) is 44.0 Å². The second-order valence-electron chi connectivity index (χ2n) is 5.13. The summed E-state index contributed by atoms with van der Waals surface area (Å²) in [5.41, 5.74) is 4.79. The molecule has 0 unspecified atom stereocenters. The van der Waals surface area contributed by atoms with Crippen LogP contribution in [0.25, 0.3) is 0 Å². The van der Waals surface area contributed by atoms with Crippen molar-refractivity contribution < 1.29 is 4.74 Å². The zero-order chi connectivity index (χ0) is 14.5. The zero-order valence-electron chi connectivity index (χ0n) is 12.9. The minimum atomic E-state index is 0.833. The monoisotopic (exact) mass is 272 g/mol. The molecule has 0 aliphatic rings. The normalized spacial score (nSPS) is 10.6. The number of hydrogen-bond donors (Lipinski definition) is 1. The Kier molecular flexibility index (Phi) is 4.72. The van der Waals surface area contributed by atoms with Gasteiger partial charge in [-0.15, -0.1) is 0 Å². The highest BCUT2D eigenvalue weighted by Gasteiger charge is 2.08. The van der Waals surface area contributed by atoms with Gasteiger partial charge in [-0.25, -0.2) is 0 Å². The van der Waals surface area contributed by atoms with Gasteiger partial charge in [0.15, 0.2) is 0 Å². The maximum atomic E-state index is 5.47. The summed E-state index contributed by atoms with van der Waals surface area (Å²) in [6, 6.07) is 8.50. The first kappa shape index (κ1) is 14.5. The van der Waals surface area contributed by atoms with E-state index >= 15 is 0 Å². The molecule has 0 amide bonds. The molecule has 0 spiro atoms. The smallest absolute Gasteiger partial charge is 0.126 e. The molecule has 3 nitrogen and oxygen atoms in total. The fourth-order valence-corrected chi connectivity index (χ4v) is 2.59. The zero-order valence-corrected chi connectivity index (χ0v) is 12.9. The predicted octanol–water partition coefficient (Wildman–Crippen LogP) is 4.14. The first-order chi connectivity index (χ1) is 9.67. The van der Waals surface area contributed by atoms with Gasteiger partial charge in [0.05, 0.1) is 13.7 Å². The van der Waals surface area contributed by atoms with Gasteiger partial charge in [0.1, 0.15) is 5.75 Å². The average Bonchev–Trinajstić information content (AvgIpc) is 2.86. The van der Waals surface area contributed by atoms with E-state index in [2.05, 4.69) is 61.1 Å². The lowest BCUT2D eigenvalue weighted by Gasteiger charge is -2.15.